The maximum absolute atomic E-state index is 11.7. The van der Waals surface area contributed by atoms with Crippen LogP contribution in [0.15, 0.2) is 141 Å². The Bertz CT molecular complexity index is 2850. The summed E-state index contributed by atoms with van der Waals surface area (Å²) in [5.74, 6) is -1.11. The zero-order valence-corrected chi connectivity index (χ0v) is 35.7. The number of hydrogen-bond acceptors (Lipinski definition) is 14. The number of fused-ring (bicyclic) bond motifs is 3. The fraction of sp³-hybridized carbons (Fsp3) is 0. The maximum atomic E-state index is 11.7. The van der Waals surface area contributed by atoms with E-state index in [-0.39, 0.29) is 133 Å². The Kier molecular flexibility index (Phi) is 15.8. The normalized spacial score (nSPS) is 11.0. The fourth-order valence-corrected chi connectivity index (χ4v) is 6.10. The number of nitro groups is 2. The number of phenolic OH excluding ortho intramolecular Hbond substituents is 4. The van der Waals surface area contributed by atoms with Gasteiger partial charge in [-0.05, 0) is 35.0 Å². The number of rotatable bonds is 7. The van der Waals surface area contributed by atoms with Gasteiger partial charge in [0.2, 0.25) is 0 Å². The maximum Gasteiger partial charge on any atom is 1.00 e. The number of non-ortho nitro benzene ring substituents is 2. The quantitative estimate of drug-likeness (QED) is 0.0509. The van der Waals surface area contributed by atoms with Crippen molar-refractivity contribution >= 4 is 76.6 Å². The number of azo groups is 2. The first-order chi connectivity index (χ1) is 25.7. The molecule has 0 unspecified atom stereocenters. The molecule has 17 nitrogen and oxygen atoms in total. The summed E-state index contributed by atoms with van der Waals surface area (Å²) in [6.07, 6.45) is 0. The van der Waals surface area contributed by atoms with Gasteiger partial charge in [-0.3, -0.25) is 24.8 Å². The second-order valence-electron chi connectivity index (χ2n) is 11.3. The molecule has 7 aromatic rings. The summed E-state index contributed by atoms with van der Waals surface area (Å²) < 4.78 is 33.0. The van der Waals surface area contributed by atoms with E-state index in [1.807, 2.05) is 12.1 Å². The number of benzene rings is 7. The summed E-state index contributed by atoms with van der Waals surface area (Å²) in [5.41, 5.74) is -0.520. The Morgan fingerprint density at radius 1 is 0.491 bits per heavy atom. The summed E-state index contributed by atoms with van der Waals surface area (Å²) in [6, 6.07) is 28.2. The molecule has 7 rings (SSSR count). The zero-order valence-electron chi connectivity index (χ0n) is 29.7. The van der Waals surface area contributed by atoms with Crippen molar-refractivity contribution in [3.05, 3.63) is 135 Å². The van der Waals surface area contributed by atoms with Gasteiger partial charge >= 0.3 is 59.1 Å². The third kappa shape index (κ3) is 10.3. The second-order valence-corrected chi connectivity index (χ2v) is 12.7. The molecule has 0 radical (unpaired) electrons. The van der Waals surface area contributed by atoms with E-state index in [1.165, 1.54) is 30.3 Å². The van der Waals surface area contributed by atoms with E-state index in [2.05, 4.69) is 20.5 Å². The zero-order chi connectivity index (χ0) is 38.7. The van der Waals surface area contributed by atoms with Crippen molar-refractivity contribution in [2.45, 2.75) is 4.90 Å². The molecular formula is C36H24CrN6Na2O11S+2. The molecule has 5 N–H and O–H groups in total. The van der Waals surface area contributed by atoms with Crippen LogP contribution in [0.25, 0.3) is 32.3 Å². The van der Waals surface area contributed by atoms with Gasteiger partial charge in [-0.1, -0.05) is 60.7 Å². The third-order valence-corrected chi connectivity index (χ3v) is 8.85. The van der Waals surface area contributed by atoms with Crippen LogP contribution in [0.3, 0.4) is 0 Å². The molecule has 0 spiro atoms. The first kappa shape index (κ1) is 46.3. The molecule has 0 aliphatic carbocycles. The first-order valence-electron chi connectivity index (χ1n) is 15.4. The Labute approximate surface area is 376 Å². The predicted molar refractivity (Wildman–Crippen MR) is 196 cm³/mol. The number of nitro benzene ring substituents is 2. The summed E-state index contributed by atoms with van der Waals surface area (Å²) in [6.45, 7) is 0. The average Bonchev–Trinajstić information content (AvgIpc) is 3.14. The van der Waals surface area contributed by atoms with Gasteiger partial charge in [-0.25, -0.2) is 0 Å². The Balaban J connectivity index is 0.000000301. The molecule has 21 heteroatoms. The van der Waals surface area contributed by atoms with Crippen LogP contribution < -0.4 is 59.1 Å². The molecule has 57 heavy (non-hydrogen) atoms. The van der Waals surface area contributed by atoms with E-state index in [0.29, 0.717) is 10.8 Å². The van der Waals surface area contributed by atoms with Crippen molar-refractivity contribution in [2.75, 3.05) is 0 Å². The molecule has 0 aliphatic rings. The number of phenols is 4. The molecule has 0 aliphatic heterocycles. The van der Waals surface area contributed by atoms with E-state index >= 15 is 0 Å². The minimum absolute atomic E-state index is 0. The van der Waals surface area contributed by atoms with Gasteiger partial charge in [0, 0.05) is 69.2 Å². The summed E-state index contributed by atoms with van der Waals surface area (Å²) in [5, 5.41) is 80.7. The third-order valence-electron chi connectivity index (χ3n) is 7.96. The summed E-state index contributed by atoms with van der Waals surface area (Å²) in [7, 11) is -4.81. The molecule has 0 aromatic heterocycles. The van der Waals surface area contributed by atoms with Crippen LogP contribution in [-0.2, 0) is 27.5 Å². The van der Waals surface area contributed by atoms with Crippen molar-refractivity contribution in [1.29, 1.82) is 0 Å². The van der Waals surface area contributed by atoms with Crippen molar-refractivity contribution in [2.24, 2.45) is 20.5 Å². The fourth-order valence-electron chi connectivity index (χ4n) is 5.39. The number of nitrogens with zero attached hydrogens (tertiary/aromatic N) is 6. The molecule has 0 fully saturated rings. The Hall–Kier alpha value is -5.04. The summed E-state index contributed by atoms with van der Waals surface area (Å²) in [4.78, 5) is 19.9. The number of aromatic hydroxyl groups is 4. The van der Waals surface area contributed by atoms with E-state index in [4.69, 9.17) is 0 Å². The first-order valence-corrected chi connectivity index (χ1v) is 16.8. The molecule has 0 saturated heterocycles. The van der Waals surface area contributed by atoms with Crippen LogP contribution in [0.5, 0.6) is 23.0 Å². The Morgan fingerprint density at radius 3 is 1.44 bits per heavy atom. The van der Waals surface area contributed by atoms with E-state index < -0.39 is 36.3 Å². The summed E-state index contributed by atoms with van der Waals surface area (Å²) >= 11 is 0. The topological polar surface area (TPSA) is 271 Å². The smallest absolute Gasteiger partial charge is 0.506 e. The molecular weight excluding hydrogens is 822 g/mol. The van der Waals surface area contributed by atoms with Crippen molar-refractivity contribution < 1.29 is 120 Å². The molecule has 0 heterocycles. The van der Waals surface area contributed by atoms with Gasteiger partial charge in [0.05, 0.1) is 9.85 Å². The average molecular weight is 847 g/mol. The van der Waals surface area contributed by atoms with Gasteiger partial charge in [0.1, 0.15) is 50.6 Å². The van der Waals surface area contributed by atoms with E-state index in [9.17, 15) is 53.6 Å². The largest absolute Gasteiger partial charge is 1.00 e. The van der Waals surface area contributed by atoms with Crippen LogP contribution in [0.1, 0.15) is 0 Å². The predicted octanol–water partition coefficient (Wildman–Crippen LogP) is 3.55. The van der Waals surface area contributed by atoms with Crippen LogP contribution in [-0.4, -0.2) is 43.2 Å². The molecule has 276 valence electrons. The van der Waals surface area contributed by atoms with Crippen LogP contribution in [0, 0.1) is 20.2 Å². The van der Waals surface area contributed by atoms with Crippen molar-refractivity contribution in [1.82, 2.24) is 0 Å². The molecule has 7 aromatic carbocycles. The van der Waals surface area contributed by atoms with Gasteiger partial charge in [0.25, 0.3) is 21.5 Å². The SMILES string of the molecule is O=[N+]([O-])c1ccc(O)c(N=Nc2c(O)ccc3ccccc23)c1.O=[N+]([O-])c1ccc2c(N=Nc3c(O)ccc4ccccc34)c(O)cc(S(=O)(=O)O)c2c1.[Cr].[Na+].[Na+]. The van der Waals surface area contributed by atoms with Gasteiger partial charge < -0.3 is 20.4 Å². The van der Waals surface area contributed by atoms with E-state index in [0.717, 1.165) is 35.0 Å². The minimum atomic E-state index is -4.81. The molecule has 0 bridgehead atoms. The monoisotopic (exact) mass is 846 g/mol. The van der Waals surface area contributed by atoms with Crippen LogP contribution in [0.4, 0.5) is 34.1 Å². The minimum Gasteiger partial charge on any atom is -0.506 e. The van der Waals surface area contributed by atoms with Crippen LogP contribution >= 0.6 is 0 Å². The second kappa shape index (κ2) is 19.4. The Morgan fingerprint density at radius 2 is 0.930 bits per heavy atom. The molecule has 0 amide bonds. The van der Waals surface area contributed by atoms with Gasteiger partial charge in [-0.15, -0.1) is 20.5 Å². The van der Waals surface area contributed by atoms with Gasteiger partial charge in [0.15, 0.2) is 0 Å². The standard InChI is InChI=1S/C20H13N3O7S.C16H11N3O4.Cr.2Na/c24-16-8-5-11-3-1-2-4-13(11)19(16)21-22-20-14-7-6-12(23(26)27)9-15(14)18(10-17(20)25)31(28,29)30;20-14-8-6-11(19(22)23)9-13(14)17-18-16-12-4-2-1-3-10(12)5-7-15(16)21;;;/h1-10,24-25H,(H,28,29,30);1-9,20-21H;;;/q;;;2*+1. The molecule has 0 atom stereocenters. The van der Waals surface area contributed by atoms with Crippen molar-refractivity contribution in [3.8, 4) is 23.0 Å². The van der Waals surface area contributed by atoms with Crippen molar-refractivity contribution in [3.63, 3.8) is 0 Å². The number of hydrogen-bond donors (Lipinski definition) is 5. The molecule has 0 saturated carbocycles. The van der Waals surface area contributed by atoms with Crippen LogP contribution in [0.2, 0.25) is 0 Å². The van der Waals surface area contributed by atoms with E-state index in [1.54, 1.807) is 48.5 Å². The van der Waals surface area contributed by atoms with Gasteiger partial charge in [-0.2, -0.15) is 8.42 Å².